The lowest BCUT2D eigenvalue weighted by molar-refractivity contribution is 0.667. The summed E-state index contributed by atoms with van der Waals surface area (Å²) in [4.78, 5) is 2.46. The summed E-state index contributed by atoms with van der Waals surface area (Å²) < 4.78 is 6.50. The Kier molecular flexibility index (Phi) is 5.79. The monoisotopic (exact) mass is 491 g/mol. The highest BCUT2D eigenvalue weighted by atomic mass is 16.3. The Morgan fingerprint density at radius 2 is 1.03 bits per heavy atom. The number of fused-ring (bicyclic) bond motifs is 3. The molecule has 0 spiro atoms. The van der Waals surface area contributed by atoms with Gasteiger partial charge < -0.3 is 9.32 Å². The molecule has 0 aliphatic heterocycles. The van der Waals surface area contributed by atoms with Crippen LogP contribution in [0.1, 0.15) is 36.8 Å². The van der Waals surface area contributed by atoms with Crippen molar-refractivity contribution in [3.63, 3.8) is 0 Å². The highest BCUT2D eigenvalue weighted by Gasteiger charge is 2.24. The highest BCUT2D eigenvalue weighted by Crippen LogP contribution is 2.42. The summed E-state index contributed by atoms with van der Waals surface area (Å²) in [5, 5.41) is 2.33. The molecular formula is C36H29NO. The van der Waals surface area contributed by atoms with E-state index >= 15 is 0 Å². The molecule has 5 aromatic rings. The number of rotatable bonds is 5. The zero-order valence-corrected chi connectivity index (χ0v) is 21.3. The number of nitrogens with zero attached hydrogens (tertiary/aromatic N) is 1. The molecule has 0 saturated carbocycles. The van der Waals surface area contributed by atoms with Gasteiger partial charge in [0.25, 0.3) is 0 Å². The number of anilines is 1. The van der Waals surface area contributed by atoms with Gasteiger partial charge in [0, 0.05) is 22.2 Å². The van der Waals surface area contributed by atoms with Crippen LogP contribution in [0.5, 0.6) is 0 Å². The summed E-state index contributed by atoms with van der Waals surface area (Å²) in [6, 6.07) is 36.3. The lowest BCUT2D eigenvalue weighted by Gasteiger charge is -2.33. The maximum atomic E-state index is 6.50. The van der Waals surface area contributed by atoms with Crippen LogP contribution in [0.15, 0.2) is 143 Å². The summed E-state index contributed by atoms with van der Waals surface area (Å²) in [6.45, 7) is 0. The fourth-order valence-electron chi connectivity index (χ4n) is 5.81. The van der Waals surface area contributed by atoms with Crippen LogP contribution < -0.4 is 4.90 Å². The number of furan rings is 1. The van der Waals surface area contributed by atoms with Crippen molar-refractivity contribution in [1.82, 2.24) is 0 Å². The van der Waals surface area contributed by atoms with Crippen molar-refractivity contribution in [2.24, 2.45) is 0 Å². The van der Waals surface area contributed by atoms with E-state index in [-0.39, 0.29) is 0 Å². The molecule has 2 aliphatic rings. The first kappa shape index (κ1) is 22.6. The van der Waals surface area contributed by atoms with Crippen LogP contribution in [0.4, 0.5) is 5.69 Å². The second-order valence-corrected chi connectivity index (χ2v) is 10.0. The Balaban J connectivity index is 1.36. The molecule has 2 heteroatoms. The van der Waals surface area contributed by atoms with Gasteiger partial charge in [0.1, 0.15) is 5.58 Å². The quantitative estimate of drug-likeness (QED) is 0.243. The van der Waals surface area contributed by atoms with Crippen molar-refractivity contribution in [3.05, 3.63) is 150 Å². The number of hydrogen-bond donors (Lipinski definition) is 0. The number of hydrogen-bond acceptors (Lipinski definition) is 2. The standard InChI is InChI=1S/C36H29NO/c1-3-10-26(11-4-1)28-18-22-30(23-19-28)37(31-24-20-29(21-25-31)27-12-5-2-6-13-27)34-16-9-15-33-32-14-7-8-17-35(32)38-36(33)34/h1-18,20,22,24H,19,21,23,25H2. The van der Waals surface area contributed by atoms with Gasteiger partial charge in [0.05, 0.1) is 5.69 Å². The molecule has 0 amide bonds. The van der Waals surface area contributed by atoms with Crippen molar-refractivity contribution in [2.75, 3.05) is 4.90 Å². The van der Waals surface area contributed by atoms with Crippen molar-refractivity contribution in [1.29, 1.82) is 0 Å². The molecule has 0 N–H and O–H groups in total. The van der Waals surface area contributed by atoms with E-state index in [0.717, 1.165) is 53.3 Å². The third-order valence-corrected chi connectivity index (χ3v) is 7.74. The minimum Gasteiger partial charge on any atom is -0.454 e. The Morgan fingerprint density at radius 1 is 0.474 bits per heavy atom. The molecule has 184 valence electrons. The third kappa shape index (κ3) is 4.09. The Labute approximate surface area is 223 Å². The molecule has 1 aromatic heterocycles. The number of para-hydroxylation sites is 2. The van der Waals surface area contributed by atoms with Crippen molar-refractivity contribution in [2.45, 2.75) is 25.7 Å². The van der Waals surface area contributed by atoms with Crippen LogP contribution in [-0.2, 0) is 0 Å². The Morgan fingerprint density at radius 3 is 1.61 bits per heavy atom. The average molecular weight is 492 g/mol. The normalized spacial score (nSPS) is 15.6. The van der Waals surface area contributed by atoms with Gasteiger partial charge in [-0.05, 0) is 72.2 Å². The largest absolute Gasteiger partial charge is 0.454 e. The minimum absolute atomic E-state index is 0.933. The van der Waals surface area contributed by atoms with Crippen LogP contribution in [-0.4, -0.2) is 0 Å². The second-order valence-electron chi connectivity index (χ2n) is 10.0. The van der Waals surface area contributed by atoms with Gasteiger partial charge in [0.15, 0.2) is 5.58 Å². The van der Waals surface area contributed by atoms with Crippen molar-refractivity contribution < 1.29 is 4.42 Å². The zero-order chi connectivity index (χ0) is 25.3. The van der Waals surface area contributed by atoms with Crippen LogP contribution in [0, 0.1) is 0 Å². The molecule has 0 atom stereocenters. The van der Waals surface area contributed by atoms with Gasteiger partial charge in [0.2, 0.25) is 0 Å². The molecule has 1 heterocycles. The Hall–Kier alpha value is -4.56. The van der Waals surface area contributed by atoms with E-state index in [1.807, 2.05) is 6.07 Å². The summed E-state index contributed by atoms with van der Waals surface area (Å²) >= 11 is 0. The van der Waals surface area contributed by atoms with E-state index in [2.05, 4.69) is 126 Å². The van der Waals surface area contributed by atoms with Crippen molar-refractivity contribution >= 4 is 38.8 Å². The van der Waals surface area contributed by atoms with E-state index in [1.165, 1.54) is 33.7 Å². The maximum Gasteiger partial charge on any atom is 0.159 e. The molecule has 2 nitrogen and oxygen atoms in total. The van der Waals surface area contributed by atoms with Crippen LogP contribution in [0.3, 0.4) is 0 Å². The summed E-state index contributed by atoms with van der Waals surface area (Å²) in [5.74, 6) is 0. The first-order chi connectivity index (χ1) is 18.8. The fourth-order valence-corrected chi connectivity index (χ4v) is 5.81. The van der Waals surface area contributed by atoms with Crippen molar-refractivity contribution in [3.8, 4) is 0 Å². The molecule has 38 heavy (non-hydrogen) atoms. The first-order valence-corrected chi connectivity index (χ1v) is 13.5. The van der Waals surface area contributed by atoms with Gasteiger partial charge in [-0.2, -0.15) is 0 Å². The molecule has 4 aromatic carbocycles. The lowest BCUT2D eigenvalue weighted by atomic mass is 9.92. The van der Waals surface area contributed by atoms with Gasteiger partial charge in [-0.1, -0.05) is 103 Å². The van der Waals surface area contributed by atoms with E-state index in [9.17, 15) is 0 Å². The number of allylic oxidation sites excluding steroid dienone is 8. The van der Waals surface area contributed by atoms with Gasteiger partial charge >= 0.3 is 0 Å². The first-order valence-electron chi connectivity index (χ1n) is 13.5. The molecular weight excluding hydrogens is 462 g/mol. The Bertz CT molecular complexity index is 1670. The molecule has 0 fully saturated rings. The summed E-state index contributed by atoms with van der Waals surface area (Å²) in [6.07, 6.45) is 13.2. The van der Waals surface area contributed by atoms with Gasteiger partial charge in [-0.25, -0.2) is 0 Å². The van der Waals surface area contributed by atoms with E-state index in [0.29, 0.717) is 0 Å². The average Bonchev–Trinajstić information content (AvgIpc) is 3.39. The predicted octanol–water partition coefficient (Wildman–Crippen LogP) is 9.91. The molecule has 2 aliphatic carbocycles. The van der Waals surface area contributed by atoms with E-state index < -0.39 is 0 Å². The van der Waals surface area contributed by atoms with Gasteiger partial charge in [-0.3, -0.25) is 0 Å². The highest BCUT2D eigenvalue weighted by molar-refractivity contribution is 6.09. The summed E-state index contributed by atoms with van der Waals surface area (Å²) in [7, 11) is 0. The third-order valence-electron chi connectivity index (χ3n) is 7.74. The predicted molar refractivity (Wildman–Crippen MR) is 160 cm³/mol. The van der Waals surface area contributed by atoms with Crippen LogP contribution >= 0.6 is 0 Å². The fraction of sp³-hybridized carbons (Fsp3) is 0.111. The molecule has 7 rings (SSSR count). The maximum absolute atomic E-state index is 6.50. The topological polar surface area (TPSA) is 16.4 Å². The van der Waals surface area contributed by atoms with Crippen LogP contribution in [0.2, 0.25) is 0 Å². The molecule has 0 radical (unpaired) electrons. The second kappa shape index (κ2) is 9.72. The smallest absolute Gasteiger partial charge is 0.159 e. The van der Waals surface area contributed by atoms with E-state index in [4.69, 9.17) is 4.42 Å². The zero-order valence-electron chi connectivity index (χ0n) is 21.3. The lowest BCUT2D eigenvalue weighted by Crippen LogP contribution is -2.24. The molecule has 0 unspecified atom stereocenters. The molecule has 0 saturated heterocycles. The SMILES string of the molecule is C1=C(c2ccccc2)CCC(N(C2=CC=C(c3ccccc3)CC2)c2cccc3c2oc2ccccc23)=C1. The minimum atomic E-state index is 0.933. The summed E-state index contributed by atoms with van der Waals surface area (Å²) in [5.41, 5.74) is 11.0. The van der Waals surface area contributed by atoms with E-state index in [1.54, 1.807) is 0 Å². The van der Waals surface area contributed by atoms with Gasteiger partial charge in [-0.15, -0.1) is 0 Å². The number of benzene rings is 4. The molecule has 0 bridgehead atoms. The van der Waals surface area contributed by atoms with Crippen LogP contribution in [0.25, 0.3) is 33.1 Å².